The number of nitrogens with zero attached hydrogens (tertiary/aromatic N) is 1. The fraction of sp³-hybridized carbons (Fsp3) is 0.708. The molecule has 28 heavy (non-hydrogen) atoms. The van der Waals surface area contributed by atoms with E-state index in [0.717, 1.165) is 25.5 Å². The van der Waals surface area contributed by atoms with Crippen molar-refractivity contribution in [2.75, 3.05) is 27.2 Å². The van der Waals surface area contributed by atoms with Crippen LogP contribution in [0, 0.1) is 16.7 Å². The number of carbonyl (C=O) groups is 1. The Balaban J connectivity index is 0.000000409. The minimum absolute atomic E-state index is 0.114. The summed E-state index contributed by atoms with van der Waals surface area (Å²) in [7, 11) is 4.23. The van der Waals surface area contributed by atoms with Gasteiger partial charge in [0.1, 0.15) is 0 Å². The molecule has 2 bridgehead atoms. The highest BCUT2D eigenvalue weighted by Gasteiger charge is 2.69. The molecule has 2 saturated carbocycles. The molecular weight excluding hydrogens is 350 g/mol. The van der Waals surface area contributed by atoms with Crippen LogP contribution in [0.3, 0.4) is 0 Å². The highest BCUT2D eigenvalue weighted by Crippen LogP contribution is 2.73. The molecule has 4 nitrogen and oxygen atoms in total. The Labute approximate surface area is 171 Å². The van der Waals surface area contributed by atoms with Crippen LogP contribution in [0.5, 0.6) is 0 Å². The summed E-state index contributed by atoms with van der Waals surface area (Å²) in [5.74, 6) is 0.0644. The summed E-state index contributed by atoms with van der Waals surface area (Å²) < 4.78 is 6.72. The lowest BCUT2D eigenvalue weighted by molar-refractivity contribution is -0.148. The summed E-state index contributed by atoms with van der Waals surface area (Å²) >= 11 is 0. The summed E-state index contributed by atoms with van der Waals surface area (Å²) in [6, 6.07) is 11.0. The Kier molecular flexibility index (Phi) is 7.33. The maximum absolute atomic E-state index is 9.60. The van der Waals surface area contributed by atoms with Crippen LogP contribution in [0.2, 0.25) is 0 Å². The van der Waals surface area contributed by atoms with Crippen molar-refractivity contribution >= 4 is 5.97 Å². The van der Waals surface area contributed by atoms with E-state index in [9.17, 15) is 4.79 Å². The van der Waals surface area contributed by atoms with E-state index in [1.165, 1.54) is 24.8 Å². The molecule has 0 amide bonds. The van der Waals surface area contributed by atoms with Crippen LogP contribution in [0.4, 0.5) is 0 Å². The second-order valence-electron chi connectivity index (χ2n) is 9.48. The smallest absolute Gasteiger partial charge is 0.303 e. The second-order valence-corrected chi connectivity index (χ2v) is 9.48. The molecule has 2 fully saturated rings. The van der Waals surface area contributed by atoms with Gasteiger partial charge in [-0.25, -0.2) is 0 Å². The second kappa shape index (κ2) is 8.96. The van der Waals surface area contributed by atoms with Gasteiger partial charge in [-0.3, -0.25) is 4.79 Å². The zero-order valence-electron chi connectivity index (χ0n) is 18.6. The Morgan fingerprint density at radius 3 is 2.25 bits per heavy atom. The molecule has 1 aromatic rings. The minimum atomic E-state index is -0.711. The average Bonchev–Trinajstić information content (AvgIpc) is 2.95. The fourth-order valence-corrected chi connectivity index (χ4v) is 5.31. The van der Waals surface area contributed by atoms with Gasteiger partial charge in [-0.1, -0.05) is 58.0 Å². The molecule has 0 radical (unpaired) electrons. The standard InChI is InChI=1S/C20H31NO.C4H8O2/c1-18(2)17-11-12-19(18,3)20(15-17,22-14-13-21(4)5)16-9-7-6-8-10-16;1-2-3-4(5)6/h6-10,17H,11-15H2,1-5H3;2-3H2,1H3,(H,5,6)/t17-,19-,20+;/m1./s1. The highest BCUT2D eigenvalue weighted by atomic mass is 16.5. The van der Waals surface area contributed by atoms with E-state index in [2.05, 4.69) is 70.1 Å². The third-order valence-electron chi connectivity index (χ3n) is 7.45. The van der Waals surface area contributed by atoms with Gasteiger partial charge in [-0.2, -0.15) is 0 Å². The Bertz CT molecular complexity index is 643. The van der Waals surface area contributed by atoms with Crippen LogP contribution in [-0.4, -0.2) is 43.2 Å². The summed E-state index contributed by atoms with van der Waals surface area (Å²) in [5, 5.41) is 7.91. The number of hydrogen-bond donors (Lipinski definition) is 1. The van der Waals surface area contributed by atoms with Gasteiger partial charge in [-0.05, 0) is 56.7 Å². The maximum Gasteiger partial charge on any atom is 0.303 e. The highest BCUT2D eigenvalue weighted by molar-refractivity contribution is 5.66. The molecular formula is C24H39NO3. The van der Waals surface area contributed by atoms with Crippen molar-refractivity contribution in [2.24, 2.45) is 16.7 Å². The van der Waals surface area contributed by atoms with E-state index in [1.54, 1.807) is 0 Å². The van der Waals surface area contributed by atoms with E-state index >= 15 is 0 Å². The van der Waals surface area contributed by atoms with E-state index < -0.39 is 5.97 Å². The summed E-state index contributed by atoms with van der Waals surface area (Å²) in [4.78, 5) is 11.8. The number of likely N-dealkylation sites (N-methyl/N-ethyl adjacent to an activating group) is 1. The first-order valence-corrected chi connectivity index (χ1v) is 10.7. The molecule has 0 aromatic heterocycles. The Morgan fingerprint density at radius 1 is 1.21 bits per heavy atom. The fourth-order valence-electron chi connectivity index (χ4n) is 5.31. The molecule has 0 spiro atoms. The Hall–Kier alpha value is -1.39. The molecule has 158 valence electrons. The minimum Gasteiger partial charge on any atom is -0.481 e. The number of benzene rings is 1. The van der Waals surface area contributed by atoms with Gasteiger partial charge in [0.2, 0.25) is 0 Å². The molecule has 3 atom stereocenters. The van der Waals surface area contributed by atoms with Crippen molar-refractivity contribution in [2.45, 2.75) is 65.4 Å². The SMILES string of the molecule is CCCC(=O)O.CN(C)CCO[C@]1(c2ccccc2)C[C@H]2CC[C@]1(C)C2(C)C. The van der Waals surface area contributed by atoms with Crippen LogP contribution in [0.25, 0.3) is 0 Å². The van der Waals surface area contributed by atoms with Crippen LogP contribution in [0.1, 0.15) is 65.4 Å². The van der Waals surface area contributed by atoms with Gasteiger partial charge < -0.3 is 14.7 Å². The number of hydrogen-bond acceptors (Lipinski definition) is 3. The summed E-state index contributed by atoms with van der Waals surface area (Å²) in [5.41, 5.74) is 1.84. The van der Waals surface area contributed by atoms with Crippen LogP contribution >= 0.6 is 0 Å². The first kappa shape index (κ1) is 22.9. The number of fused-ring (bicyclic) bond motifs is 2. The molecule has 0 unspecified atom stereocenters. The number of carboxylic acid groups (broad SMARTS) is 1. The third-order valence-corrected chi connectivity index (χ3v) is 7.45. The molecule has 0 aliphatic heterocycles. The number of carboxylic acids is 1. The van der Waals surface area contributed by atoms with Crippen molar-refractivity contribution in [3.8, 4) is 0 Å². The predicted molar refractivity (Wildman–Crippen MR) is 114 cm³/mol. The zero-order valence-corrected chi connectivity index (χ0v) is 18.6. The van der Waals surface area contributed by atoms with Crippen LogP contribution in [-0.2, 0) is 15.1 Å². The van der Waals surface area contributed by atoms with E-state index in [4.69, 9.17) is 9.84 Å². The van der Waals surface area contributed by atoms with Crippen molar-refractivity contribution < 1.29 is 14.6 Å². The molecule has 0 saturated heterocycles. The van der Waals surface area contributed by atoms with Gasteiger partial charge in [0.05, 0.1) is 12.2 Å². The van der Waals surface area contributed by atoms with Gasteiger partial charge in [0, 0.05) is 18.4 Å². The Morgan fingerprint density at radius 2 is 1.86 bits per heavy atom. The first-order chi connectivity index (χ1) is 13.1. The first-order valence-electron chi connectivity index (χ1n) is 10.7. The lowest BCUT2D eigenvalue weighted by Gasteiger charge is -2.49. The van der Waals surface area contributed by atoms with Crippen LogP contribution in [0.15, 0.2) is 30.3 Å². The molecule has 2 aliphatic rings. The average molecular weight is 390 g/mol. The van der Waals surface area contributed by atoms with Gasteiger partial charge in [0.15, 0.2) is 0 Å². The molecule has 2 aliphatic carbocycles. The summed E-state index contributed by atoms with van der Waals surface area (Å²) in [6.45, 7) is 11.0. The lowest BCUT2D eigenvalue weighted by Crippen LogP contribution is -2.47. The quantitative estimate of drug-likeness (QED) is 0.698. The summed E-state index contributed by atoms with van der Waals surface area (Å²) in [6.07, 6.45) is 4.83. The van der Waals surface area contributed by atoms with Gasteiger partial charge in [0.25, 0.3) is 0 Å². The molecule has 4 heteroatoms. The molecule has 0 heterocycles. The monoisotopic (exact) mass is 389 g/mol. The lowest BCUT2D eigenvalue weighted by atomic mass is 9.62. The van der Waals surface area contributed by atoms with E-state index in [-0.39, 0.29) is 11.0 Å². The number of rotatable bonds is 7. The van der Waals surface area contributed by atoms with Crippen molar-refractivity contribution in [3.05, 3.63) is 35.9 Å². The van der Waals surface area contributed by atoms with Gasteiger partial charge >= 0.3 is 5.97 Å². The molecule has 1 aromatic carbocycles. The predicted octanol–water partition coefficient (Wildman–Crippen LogP) is 5.18. The molecule has 3 rings (SSSR count). The normalized spacial score (nSPS) is 30.2. The van der Waals surface area contributed by atoms with E-state index in [1.807, 2.05) is 6.92 Å². The molecule has 1 N–H and O–H groups in total. The number of ether oxygens (including phenoxy) is 1. The zero-order chi connectivity index (χ0) is 21.0. The maximum atomic E-state index is 9.60. The van der Waals surface area contributed by atoms with Crippen molar-refractivity contribution in [1.29, 1.82) is 0 Å². The van der Waals surface area contributed by atoms with Gasteiger partial charge in [-0.15, -0.1) is 0 Å². The van der Waals surface area contributed by atoms with E-state index in [0.29, 0.717) is 11.8 Å². The van der Waals surface area contributed by atoms with Crippen LogP contribution < -0.4 is 0 Å². The third kappa shape index (κ3) is 4.13. The topological polar surface area (TPSA) is 49.8 Å². The largest absolute Gasteiger partial charge is 0.481 e. The van der Waals surface area contributed by atoms with Crippen molar-refractivity contribution in [1.82, 2.24) is 4.90 Å². The number of aliphatic carboxylic acids is 1. The van der Waals surface area contributed by atoms with Crippen molar-refractivity contribution in [3.63, 3.8) is 0 Å².